The topological polar surface area (TPSA) is 45.9 Å². The van der Waals surface area contributed by atoms with Gasteiger partial charge in [-0.3, -0.25) is 4.98 Å². The number of pyridine rings is 1. The van der Waals surface area contributed by atoms with Crippen molar-refractivity contribution < 1.29 is 22.3 Å². The Morgan fingerprint density at radius 3 is 2.38 bits per heavy atom. The number of halogens is 4. The van der Waals surface area contributed by atoms with E-state index in [1.165, 1.54) is 18.3 Å². The average Bonchev–Trinajstić information content (AvgIpc) is 2.40. The fourth-order valence-corrected chi connectivity index (χ4v) is 1.81. The van der Waals surface area contributed by atoms with Gasteiger partial charge in [0.05, 0.1) is 18.7 Å². The standard InChI is InChI=1S/C14H8F4N2O/c15-13-8-20-7-12(11(13)5-6-19)9-1-3-10(4-2-9)21-14(16,17)18/h1-4,7-8H,5H2. The van der Waals surface area contributed by atoms with E-state index in [0.29, 0.717) is 11.1 Å². The quantitative estimate of drug-likeness (QED) is 0.808. The summed E-state index contributed by atoms with van der Waals surface area (Å²) in [7, 11) is 0. The van der Waals surface area contributed by atoms with Crippen molar-refractivity contribution >= 4 is 0 Å². The Balaban J connectivity index is 2.36. The van der Waals surface area contributed by atoms with Crippen LogP contribution in [-0.4, -0.2) is 11.3 Å². The summed E-state index contributed by atoms with van der Waals surface area (Å²) < 4.78 is 53.6. The number of hydrogen-bond donors (Lipinski definition) is 0. The molecule has 0 amide bonds. The number of rotatable bonds is 3. The van der Waals surface area contributed by atoms with Gasteiger partial charge in [-0.2, -0.15) is 5.26 Å². The van der Waals surface area contributed by atoms with Crippen molar-refractivity contribution in [3.05, 3.63) is 48.0 Å². The zero-order valence-electron chi connectivity index (χ0n) is 10.5. The second kappa shape index (κ2) is 5.79. The highest BCUT2D eigenvalue weighted by atomic mass is 19.4. The molecule has 0 spiro atoms. The molecule has 1 aromatic heterocycles. The average molecular weight is 296 g/mol. The first-order valence-corrected chi connectivity index (χ1v) is 5.76. The molecule has 0 fully saturated rings. The lowest BCUT2D eigenvalue weighted by Crippen LogP contribution is -2.16. The number of ether oxygens (including phenoxy) is 1. The van der Waals surface area contributed by atoms with Crippen LogP contribution in [0.15, 0.2) is 36.7 Å². The molecule has 0 bridgehead atoms. The largest absolute Gasteiger partial charge is 0.573 e. The third kappa shape index (κ3) is 3.69. The highest BCUT2D eigenvalue weighted by Gasteiger charge is 2.31. The lowest BCUT2D eigenvalue weighted by atomic mass is 10.00. The van der Waals surface area contributed by atoms with E-state index in [4.69, 9.17) is 5.26 Å². The summed E-state index contributed by atoms with van der Waals surface area (Å²) in [5, 5.41) is 8.71. The molecule has 1 heterocycles. The molecule has 0 saturated carbocycles. The molecule has 1 aromatic carbocycles. The Hall–Kier alpha value is -2.62. The van der Waals surface area contributed by atoms with Crippen molar-refractivity contribution in [2.45, 2.75) is 12.8 Å². The second-order valence-electron chi connectivity index (χ2n) is 4.05. The third-order valence-electron chi connectivity index (χ3n) is 2.66. The van der Waals surface area contributed by atoms with Crippen molar-refractivity contribution in [2.24, 2.45) is 0 Å². The van der Waals surface area contributed by atoms with E-state index >= 15 is 0 Å². The zero-order valence-corrected chi connectivity index (χ0v) is 10.5. The molecule has 0 unspecified atom stereocenters. The molecule has 3 nitrogen and oxygen atoms in total. The van der Waals surface area contributed by atoms with E-state index in [9.17, 15) is 17.6 Å². The summed E-state index contributed by atoms with van der Waals surface area (Å²) >= 11 is 0. The summed E-state index contributed by atoms with van der Waals surface area (Å²) in [5.74, 6) is -1.01. The predicted molar refractivity (Wildman–Crippen MR) is 65.6 cm³/mol. The number of hydrogen-bond acceptors (Lipinski definition) is 3. The van der Waals surface area contributed by atoms with Crippen LogP contribution in [0.5, 0.6) is 5.75 Å². The van der Waals surface area contributed by atoms with Crippen molar-refractivity contribution in [1.29, 1.82) is 5.26 Å². The van der Waals surface area contributed by atoms with Crippen LogP contribution in [-0.2, 0) is 6.42 Å². The Morgan fingerprint density at radius 1 is 1.14 bits per heavy atom. The van der Waals surface area contributed by atoms with Gasteiger partial charge in [0.25, 0.3) is 0 Å². The minimum Gasteiger partial charge on any atom is -0.406 e. The highest BCUT2D eigenvalue weighted by molar-refractivity contribution is 5.67. The molecule has 0 N–H and O–H groups in total. The Labute approximate surface area is 117 Å². The zero-order chi connectivity index (χ0) is 15.5. The van der Waals surface area contributed by atoms with Crippen LogP contribution in [0, 0.1) is 17.1 Å². The maximum atomic E-state index is 13.6. The summed E-state index contributed by atoms with van der Waals surface area (Å²) in [6, 6.07) is 6.76. The van der Waals surface area contributed by atoms with Gasteiger partial charge in [-0.25, -0.2) is 4.39 Å². The van der Waals surface area contributed by atoms with Gasteiger partial charge < -0.3 is 4.74 Å². The molecular formula is C14H8F4N2O. The fraction of sp³-hybridized carbons (Fsp3) is 0.143. The van der Waals surface area contributed by atoms with E-state index < -0.39 is 12.2 Å². The minimum absolute atomic E-state index is 0.150. The maximum absolute atomic E-state index is 13.6. The van der Waals surface area contributed by atoms with Crippen LogP contribution in [0.3, 0.4) is 0 Å². The first kappa shape index (κ1) is 14.8. The van der Waals surface area contributed by atoms with Gasteiger partial charge in [-0.05, 0) is 17.7 Å². The van der Waals surface area contributed by atoms with Crippen LogP contribution in [0.2, 0.25) is 0 Å². The molecule has 0 atom stereocenters. The molecule has 0 aliphatic rings. The van der Waals surface area contributed by atoms with Crippen molar-refractivity contribution in [2.75, 3.05) is 0 Å². The van der Waals surface area contributed by atoms with Gasteiger partial charge in [-0.1, -0.05) is 12.1 Å². The van der Waals surface area contributed by atoms with Gasteiger partial charge >= 0.3 is 6.36 Å². The lowest BCUT2D eigenvalue weighted by molar-refractivity contribution is -0.274. The van der Waals surface area contributed by atoms with E-state index in [1.54, 1.807) is 0 Å². The Morgan fingerprint density at radius 2 is 1.81 bits per heavy atom. The van der Waals surface area contributed by atoms with E-state index in [0.717, 1.165) is 18.3 Å². The number of alkyl halides is 3. The van der Waals surface area contributed by atoms with Gasteiger partial charge in [0.15, 0.2) is 0 Å². The normalized spacial score (nSPS) is 11.0. The molecular weight excluding hydrogens is 288 g/mol. The maximum Gasteiger partial charge on any atom is 0.573 e. The van der Waals surface area contributed by atoms with E-state index in [2.05, 4.69) is 9.72 Å². The molecule has 0 radical (unpaired) electrons. The van der Waals surface area contributed by atoms with Crippen LogP contribution in [0.4, 0.5) is 17.6 Å². The molecule has 0 aliphatic carbocycles. The summed E-state index contributed by atoms with van der Waals surface area (Å²) in [4.78, 5) is 3.69. The monoisotopic (exact) mass is 296 g/mol. The molecule has 0 saturated heterocycles. The smallest absolute Gasteiger partial charge is 0.406 e. The third-order valence-corrected chi connectivity index (χ3v) is 2.66. The van der Waals surface area contributed by atoms with Crippen molar-refractivity contribution in [3.8, 4) is 22.9 Å². The van der Waals surface area contributed by atoms with Crippen LogP contribution in [0.1, 0.15) is 5.56 Å². The van der Waals surface area contributed by atoms with Gasteiger partial charge in [-0.15, -0.1) is 13.2 Å². The summed E-state index contributed by atoms with van der Waals surface area (Å²) in [6.07, 6.45) is -2.59. The first-order chi connectivity index (χ1) is 9.90. The minimum atomic E-state index is -4.77. The van der Waals surface area contributed by atoms with Crippen LogP contribution >= 0.6 is 0 Å². The number of nitriles is 1. The van der Waals surface area contributed by atoms with Crippen molar-refractivity contribution in [3.63, 3.8) is 0 Å². The molecule has 108 valence electrons. The van der Waals surface area contributed by atoms with E-state index in [1.807, 2.05) is 6.07 Å². The van der Waals surface area contributed by atoms with Crippen molar-refractivity contribution in [1.82, 2.24) is 4.98 Å². The molecule has 21 heavy (non-hydrogen) atoms. The fourth-order valence-electron chi connectivity index (χ4n) is 1.81. The lowest BCUT2D eigenvalue weighted by Gasteiger charge is -2.11. The molecule has 2 rings (SSSR count). The molecule has 2 aromatic rings. The SMILES string of the molecule is N#CCc1c(F)cncc1-c1ccc(OC(F)(F)F)cc1. The van der Waals surface area contributed by atoms with Gasteiger partial charge in [0.2, 0.25) is 0 Å². The number of benzene rings is 1. The number of aromatic nitrogens is 1. The molecule has 0 aliphatic heterocycles. The predicted octanol–water partition coefficient (Wildman–Crippen LogP) is 3.85. The second-order valence-corrected chi connectivity index (χ2v) is 4.05. The van der Waals surface area contributed by atoms with Gasteiger partial charge in [0, 0.05) is 17.3 Å². The Bertz CT molecular complexity index is 675. The number of nitrogens with zero attached hydrogens (tertiary/aromatic N) is 2. The molecule has 7 heteroatoms. The van der Waals surface area contributed by atoms with Crippen LogP contribution < -0.4 is 4.74 Å². The summed E-state index contributed by atoms with van der Waals surface area (Å²) in [6.45, 7) is 0. The van der Waals surface area contributed by atoms with E-state index in [-0.39, 0.29) is 17.7 Å². The van der Waals surface area contributed by atoms with Gasteiger partial charge in [0.1, 0.15) is 11.6 Å². The van der Waals surface area contributed by atoms with Crippen LogP contribution in [0.25, 0.3) is 11.1 Å². The summed E-state index contributed by atoms with van der Waals surface area (Å²) in [5.41, 5.74) is 0.953. The highest BCUT2D eigenvalue weighted by Crippen LogP contribution is 2.29. The first-order valence-electron chi connectivity index (χ1n) is 5.76. The Kier molecular flexibility index (Phi) is 4.08.